The average Bonchev–Trinajstić information content (AvgIpc) is 2.17. The van der Waals surface area contributed by atoms with Crippen LogP contribution in [0.25, 0.3) is 0 Å². The van der Waals surface area contributed by atoms with Crippen molar-refractivity contribution in [1.29, 1.82) is 0 Å². The van der Waals surface area contributed by atoms with Crippen LogP contribution in [0.2, 0.25) is 0 Å². The fourth-order valence-corrected chi connectivity index (χ4v) is 1.43. The smallest absolute Gasteiger partial charge is 0.149 e. The first-order chi connectivity index (χ1) is 6.69. The molecule has 0 amide bonds. The third-order valence-electron chi connectivity index (χ3n) is 2.32. The zero-order valence-electron chi connectivity index (χ0n) is 8.36. The van der Waals surface area contributed by atoms with Gasteiger partial charge in [-0.25, -0.2) is 0 Å². The zero-order valence-corrected chi connectivity index (χ0v) is 8.36. The van der Waals surface area contributed by atoms with Gasteiger partial charge in [0, 0.05) is 11.5 Å². The van der Waals surface area contributed by atoms with E-state index in [4.69, 9.17) is 0 Å². The molecule has 0 fully saturated rings. The van der Waals surface area contributed by atoms with Gasteiger partial charge in [-0.3, -0.25) is 4.79 Å². The van der Waals surface area contributed by atoms with Crippen molar-refractivity contribution < 1.29 is 4.79 Å². The number of allylic oxidation sites excluding steroid dienone is 5. The third kappa shape index (κ3) is 2.25. The maximum atomic E-state index is 10.6. The summed E-state index contributed by atoms with van der Waals surface area (Å²) >= 11 is 0. The van der Waals surface area contributed by atoms with Gasteiger partial charge in [0.15, 0.2) is 0 Å². The first-order valence-electron chi connectivity index (χ1n) is 4.55. The molecule has 0 N–H and O–H groups in total. The Labute approximate surface area is 83.2 Å². The Morgan fingerprint density at radius 1 is 1.57 bits per heavy atom. The summed E-state index contributed by atoms with van der Waals surface area (Å²) in [6.45, 7) is 3.76. The van der Waals surface area contributed by atoms with Crippen molar-refractivity contribution >= 4 is 6.29 Å². The fraction of sp³-hybridized carbons (Fsp3) is 0.364. The minimum absolute atomic E-state index is 0.0175. The van der Waals surface area contributed by atoms with Gasteiger partial charge in [0.1, 0.15) is 6.29 Å². The predicted octanol–water partition coefficient (Wildman–Crippen LogP) is 2.75. The summed E-state index contributed by atoms with van der Waals surface area (Å²) in [5.74, 6) is -0.0175. The van der Waals surface area contributed by atoms with E-state index < -0.39 is 0 Å². The molecule has 1 atom stereocenters. The van der Waals surface area contributed by atoms with Gasteiger partial charge >= 0.3 is 0 Å². The molecule has 0 heterocycles. The van der Waals surface area contributed by atoms with Gasteiger partial charge in [-0.2, -0.15) is 0 Å². The molecule has 3 heteroatoms. The highest BCUT2D eigenvalue weighted by Crippen LogP contribution is 2.23. The summed E-state index contributed by atoms with van der Waals surface area (Å²) in [6, 6.07) is 0. The van der Waals surface area contributed by atoms with Gasteiger partial charge in [0.25, 0.3) is 0 Å². The largest absolute Gasteiger partial charge is 0.298 e. The molecule has 0 aromatic carbocycles. The Kier molecular flexibility index (Phi) is 3.51. The van der Waals surface area contributed by atoms with Crippen LogP contribution in [0.15, 0.2) is 40.2 Å². The molecule has 0 saturated carbocycles. The molecule has 74 valence electrons. The molecule has 0 aromatic heterocycles. The Bertz CT molecular complexity index is 337. The topological polar surface area (TPSA) is 46.5 Å². The number of rotatable bonds is 2. The Morgan fingerprint density at radius 2 is 2.29 bits per heavy atom. The van der Waals surface area contributed by atoms with Crippen LogP contribution in [0.4, 0.5) is 0 Å². The standard InChI is InChI=1S/C11H13NO2/c1-8-3-5-10(7-13)6-4-9(2)11(8)12-14/h3,5-8H,4H2,1-2H3/b5-3?,10-6?,11-9+/t8-/m1/s1. The van der Waals surface area contributed by atoms with Crippen molar-refractivity contribution in [3.8, 4) is 0 Å². The van der Waals surface area contributed by atoms with E-state index in [1.807, 2.05) is 19.9 Å². The van der Waals surface area contributed by atoms with Gasteiger partial charge in [-0.1, -0.05) is 25.2 Å². The normalized spacial score (nSPS) is 27.6. The van der Waals surface area contributed by atoms with Crippen LogP contribution in [0.1, 0.15) is 20.3 Å². The lowest BCUT2D eigenvalue weighted by atomic mass is 9.97. The lowest BCUT2D eigenvalue weighted by Crippen LogP contribution is -1.99. The van der Waals surface area contributed by atoms with Crippen LogP contribution in [0.5, 0.6) is 0 Å². The van der Waals surface area contributed by atoms with Crippen molar-refractivity contribution in [3.05, 3.63) is 40.0 Å². The van der Waals surface area contributed by atoms with Crippen molar-refractivity contribution in [2.24, 2.45) is 11.1 Å². The minimum Gasteiger partial charge on any atom is -0.298 e. The molecule has 14 heavy (non-hydrogen) atoms. The maximum Gasteiger partial charge on any atom is 0.149 e. The number of carbonyl (C=O) groups excluding carboxylic acids is 1. The summed E-state index contributed by atoms with van der Waals surface area (Å²) in [5.41, 5.74) is 2.15. The predicted molar refractivity (Wildman–Crippen MR) is 55.6 cm³/mol. The van der Waals surface area contributed by atoms with Gasteiger partial charge in [-0.05, 0) is 24.1 Å². The Balaban J connectivity index is 3.08. The molecule has 0 bridgehead atoms. The second kappa shape index (κ2) is 4.65. The van der Waals surface area contributed by atoms with E-state index in [0.717, 1.165) is 11.9 Å². The van der Waals surface area contributed by atoms with Crippen LogP contribution in [-0.4, -0.2) is 6.29 Å². The maximum absolute atomic E-state index is 10.6. The molecule has 0 saturated heterocycles. The van der Waals surface area contributed by atoms with Gasteiger partial charge in [0.05, 0.1) is 5.70 Å². The van der Waals surface area contributed by atoms with E-state index in [2.05, 4.69) is 5.18 Å². The Morgan fingerprint density at radius 3 is 2.86 bits per heavy atom. The fourth-order valence-electron chi connectivity index (χ4n) is 1.43. The van der Waals surface area contributed by atoms with Crippen LogP contribution in [0, 0.1) is 10.8 Å². The summed E-state index contributed by atoms with van der Waals surface area (Å²) in [6.07, 6.45) is 6.78. The zero-order chi connectivity index (χ0) is 10.6. The SMILES string of the molecule is C/C1=C(\N=O)[C@H](C)C=CC(C=O)=CC1. The van der Waals surface area contributed by atoms with E-state index in [-0.39, 0.29) is 5.92 Å². The highest BCUT2D eigenvalue weighted by molar-refractivity contribution is 5.77. The van der Waals surface area contributed by atoms with E-state index in [1.165, 1.54) is 0 Å². The first kappa shape index (κ1) is 10.6. The molecule has 3 nitrogen and oxygen atoms in total. The monoisotopic (exact) mass is 191 g/mol. The number of nitroso groups, excluding NO2 is 1. The quantitative estimate of drug-likeness (QED) is 0.497. The van der Waals surface area contributed by atoms with E-state index in [0.29, 0.717) is 17.7 Å². The highest BCUT2D eigenvalue weighted by Gasteiger charge is 2.11. The summed E-state index contributed by atoms with van der Waals surface area (Å²) < 4.78 is 0. The van der Waals surface area contributed by atoms with Crippen molar-refractivity contribution in [1.82, 2.24) is 0 Å². The van der Waals surface area contributed by atoms with Gasteiger partial charge < -0.3 is 0 Å². The van der Waals surface area contributed by atoms with Crippen molar-refractivity contribution in [3.63, 3.8) is 0 Å². The summed E-state index contributed by atoms with van der Waals surface area (Å²) in [4.78, 5) is 21.1. The molecule has 0 spiro atoms. The van der Waals surface area contributed by atoms with E-state index in [1.54, 1.807) is 12.2 Å². The number of carbonyl (C=O) groups is 1. The molecular formula is C11H13NO2. The van der Waals surface area contributed by atoms with Crippen molar-refractivity contribution in [2.75, 3.05) is 0 Å². The van der Waals surface area contributed by atoms with Crippen LogP contribution in [0.3, 0.4) is 0 Å². The second-order valence-corrected chi connectivity index (χ2v) is 3.43. The summed E-state index contributed by atoms with van der Waals surface area (Å²) in [7, 11) is 0. The van der Waals surface area contributed by atoms with Crippen molar-refractivity contribution in [2.45, 2.75) is 20.3 Å². The third-order valence-corrected chi connectivity index (χ3v) is 2.32. The molecule has 0 aliphatic heterocycles. The van der Waals surface area contributed by atoms with E-state index in [9.17, 15) is 9.70 Å². The van der Waals surface area contributed by atoms with Crippen LogP contribution in [-0.2, 0) is 4.79 Å². The molecular weight excluding hydrogens is 178 g/mol. The molecule has 0 radical (unpaired) electrons. The van der Waals surface area contributed by atoms with E-state index >= 15 is 0 Å². The minimum atomic E-state index is -0.0175. The highest BCUT2D eigenvalue weighted by atomic mass is 16.3. The van der Waals surface area contributed by atoms with Crippen LogP contribution < -0.4 is 0 Å². The summed E-state index contributed by atoms with van der Waals surface area (Å²) in [5, 5.41) is 3.02. The molecule has 1 aliphatic carbocycles. The second-order valence-electron chi connectivity index (χ2n) is 3.43. The van der Waals surface area contributed by atoms with Gasteiger partial charge in [0.2, 0.25) is 0 Å². The molecule has 1 rings (SSSR count). The van der Waals surface area contributed by atoms with Gasteiger partial charge in [-0.15, -0.1) is 4.91 Å². The Hall–Kier alpha value is -1.51. The lowest BCUT2D eigenvalue weighted by Gasteiger charge is -2.10. The number of hydrogen-bond acceptors (Lipinski definition) is 3. The number of aldehydes is 1. The van der Waals surface area contributed by atoms with Crippen LogP contribution >= 0.6 is 0 Å². The average molecular weight is 191 g/mol. The first-order valence-corrected chi connectivity index (χ1v) is 4.55. The molecule has 0 unspecified atom stereocenters. The lowest BCUT2D eigenvalue weighted by molar-refractivity contribution is -0.104. The number of nitrogens with zero attached hydrogens (tertiary/aromatic N) is 1. The molecule has 1 aliphatic rings. The molecule has 0 aromatic rings. The number of hydrogen-bond donors (Lipinski definition) is 0.